The molecule has 0 aromatic carbocycles. The molecule has 8 nitrogen and oxygen atoms in total. The molecule has 1 fully saturated rings. The summed E-state index contributed by atoms with van der Waals surface area (Å²) in [5.41, 5.74) is 11.0. The summed E-state index contributed by atoms with van der Waals surface area (Å²) in [6.45, 7) is 4.03. The lowest BCUT2D eigenvalue weighted by molar-refractivity contribution is -0.119. The Labute approximate surface area is 146 Å². The van der Waals surface area contributed by atoms with Crippen molar-refractivity contribution in [1.29, 1.82) is 0 Å². The largest absolute Gasteiger partial charge is 0.382 e. The molecular weight excluding hydrogens is 324 g/mol. The van der Waals surface area contributed by atoms with Crippen LogP contribution in [0.3, 0.4) is 0 Å². The number of carbonyl (C=O) groups is 1. The fourth-order valence-corrected chi connectivity index (χ4v) is 2.69. The maximum Gasteiger partial charge on any atom is 0.351 e. The zero-order valence-corrected chi connectivity index (χ0v) is 14.5. The van der Waals surface area contributed by atoms with E-state index in [1.807, 2.05) is 6.92 Å². The van der Waals surface area contributed by atoms with E-state index < -0.39 is 11.9 Å². The first-order chi connectivity index (χ1) is 12.0. The zero-order chi connectivity index (χ0) is 18.4. The van der Waals surface area contributed by atoms with Crippen molar-refractivity contribution in [2.24, 2.45) is 5.73 Å². The van der Waals surface area contributed by atoms with Gasteiger partial charge in [0.25, 0.3) is 0 Å². The first-order valence-electron chi connectivity index (χ1n) is 8.30. The molecule has 25 heavy (non-hydrogen) atoms. The predicted molar refractivity (Wildman–Crippen MR) is 92.7 cm³/mol. The van der Waals surface area contributed by atoms with E-state index in [1.165, 1.54) is 11.5 Å². The minimum atomic E-state index is -0.508. The van der Waals surface area contributed by atoms with Crippen LogP contribution in [0.2, 0.25) is 0 Å². The van der Waals surface area contributed by atoms with Crippen molar-refractivity contribution >= 4 is 11.6 Å². The second-order valence-corrected chi connectivity index (χ2v) is 5.87. The van der Waals surface area contributed by atoms with Gasteiger partial charge in [-0.05, 0) is 13.3 Å². The van der Waals surface area contributed by atoms with Crippen LogP contribution in [0.25, 0.3) is 0 Å². The molecule has 1 aliphatic rings. The van der Waals surface area contributed by atoms with Crippen molar-refractivity contribution in [2.75, 3.05) is 18.9 Å². The number of ketones is 1. The normalized spacial score (nSPS) is 22.4. The Morgan fingerprint density at radius 3 is 2.96 bits per heavy atom. The molecule has 4 N–H and O–H groups in total. The molecular formula is C17H24N4O4. The maximum atomic E-state index is 12.2. The van der Waals surface area contributed by atoms with E-state index in [4.69, 9.17) is 20.9 Å². The van der Waals surface area contributed by atoms with Crippen molar-refractivity contribution in [1.82, 2.24) is 9.55 Å². The number of Topliss-reactive ketones (excluding diaryl/α,β-unsaturated/α-hetero) is 1. The van der Waals surface area contributed by atoms with Gasteiger partial charge in [0, 0.05) is 19.0 Å². The molecule has 0 radical (unpaired) electrons. The SMILES string of the molecule is CC[C@H]1O[C@@H](n2cc(C#CCN)c(N)nc2=O)CC1OCCC(C)=O. The Kier molecular flexibility index (Phi) is 6.70. The van der Waals surface area contributed by atoms with E-state index >= 15 is 0 Å². The van der Waals surface area contributed by atoms with E-state index in [0.717, 1.165) is 6.42 Å². The molecule has 0 saturated carbocycles. The highest BCUT2D eigenvalue weighted by Crippen LogP contribution is 2.31. The molecule has 0 aliphatic carbocycles. The monoisotopic (exact) mass is 348 g/mol. The van der Waals surface area contributed by atoms with Gasteiger partial charge in [0.1, 0.15) is 17.8 Å². The Balaban J connectivity index is 2.18. The summed E-state index contributed by atoms with van der Waals surface area (Å²) in [6.07, 6.45) is 2.29. The molecule has 8 heteroatoms. The summed E-state index contributed by atoms with van der Waals surface area (Å²) in [6, 6.07) is 0. The fraction of sp³-hybridized carbons (Fsp3) is 0.588. The van der Waals surface area contributed by atoms with Gasteiger partial charge in [0.2, 0.25) is 0 Å². The summed E-state index contributed by atoms with van der Waals surface area (Å²) >= 11 is 0. The number of ether oxygens (including phenoxy) is 2. The van der Waals surface area contributed by atoms with Gasteiger partial charge in [0.05, 0.1) is 30.9 Å². The third-order valence-corrected chi connectivity index (χ3v) is 3.99. The molecule has 2 rings (SSSR count). The number of nitrogens with zero attached hydrogens (tertiary/aromatic N) is 2. The number of nitrogens with two attached hydrogens (primary N) is 2. The molecule has 3 atom stereocenters. The van der Waals surface area contributed by atoms with Gasteiger partial charge in [-0.1, -0.05) is 18.8 Å². The van der Waals surface area contributed by atoms with Crippen molar-refractivity contribution in [3.8, 4) is 11.8 Å². The van der Waals surface area contributed by atoms with E-state index in [2.05, 4.69) is 16.8 Å². The van der Waals surface area contributed by atoms with Crippen molar-refractivity contribution in [3.05, 3.63) is 22.2 Å². The quantitative estimate of drug-likeness (QED) is 0.704. The van der Waals surface area contributed by atoms with Gasteiger partial charge in [-0.3, -0.25) is 9.36 Å². The molecule has 0 bridgehead atoms. The highest BCUT2D eigenvalue weighted by Gasteiger charge is 2.36. The maximum absolute atomic E-state index is 12.2. The molecule has 1 saturated heterocycles. The highest BCUT2D eigenvalue weighted by atomic mass is 16.6. The lowest BCUT2D eigenvalue weighted by Gasteiger charge is -2.16. The second kappa shape index (κ2) is 8.76. The number of hydrogen-bond donors (Lipinski definition) is 2. The van der Waals surface area contributed by atoms with E-state index in [1.54, 1.807) is 6.20 Å². The zero-order valence-electron chi connectivity index (χ0n) is 14.5. The van der Waals surface area contributed by atoms with Gasteiger partial charge in [-0.25, -0.2) is 4.79 Å². The minimum absolute atomic E-state index is 0.0708. The highest BCUT2D eigenvalue weighted by molar-refractivity contribution is 5.75. The Bertz CT molecular complexity index is 734. The van der Waals surface area contributed by atoms with E-state index in [9.17, 15) is 9.59 Å². The van der Waals surface area contributed by atoms with Crippen LogP contribution >= 0.6 is 0 Å². The molecule has 0 spiro atoms. The number of anilines is 1. The van der Waals surface area contributed by atoms with Gasteiger partial charge >= 0.3 is 5.69 Å². The van der Waals surface area contributed by atoms with Crippen molar-refractivity contribution in [2.45, 2.75) is 51.5 Å². The van der Waals surface area contributed by atoms with Gasteiger partial charge in [0.15, 0.2) is 0 Å². The summed E-state index contributed by atoms with van der Waals surface area (Å²) in [4.78, 5) is 27.1. The van der Waals surface area contributed by atoms with Crippen LogP contribution in [0, 0.1) is 11.8 Å². The molecule has 1 unspecified atom stereocenters. The molecule has 136 valence electrons. The molecule has 0 amide bonds. The third kappa shape index (κ3) is 4.89. The van der Waals surface area contributed by atoms with Crippen LogP contribution in [-0.4, -0.2) is 40.7 Å². The number of hydrogen-bond acceptors (Lipinski definition) is 7. The van der Waals surface area contributed by atoms with Crippen LogP contribution in [0.5, 0.6) is 0 Å². The van der Waals surface area contributed by atoms with Gasteiger partial charge < -0.3 is 20.9 Å². The van der Waals surface area contributed by atoms with Crippen molar-refractivity contribution < 1.29 is 14.3 Å². The summed E-state index contributed by atoms with van der Waals surface area (Å²) in [7, 11) is 0. The average Bonchev–Trinajstić information content (AvgIpc) is 2.96. The van der Waals surface area contributed by atoms with E-state index in [0.29, 0.717) is 25.0 Å². The van der Waals surface area contributed by atoms with Crippen molar-refractivity contribution in [3.63, 3.8) is 0 Å². The smallest absolute Gasteiger partial charge is 0.351 e. The van der Waals surface area contributed by atoms with Crippen LogP contribution < -0.4 is 17.2 Å². The Morgan fingerprint density at radius 2 is 2.32 bits per heavy atom. The molecule has 1 aromatic rings. The number of aromatic nitrogens is 2. The molecule has 2 heterocycles. The van der Waals surface area contributed by atoms with E-state index in [-0.39, 0.29) is 30.4 Å². The van der Waals surface area contributed by atoms with Crippen LogP contribution in [0.15, 0.2) is 11.0 Å². The van der Waals surface area contributed by atoms with Gasteiger partial charge in [-0.15, -0.1) is 0 Å². The van der Waals surface area contributed by atoms with Crippen LogP contribution in [-0.2, 0) is 14.3 Å². The lowest BCUT2D eigenvalue weighted by atomic mass is 10.1. The lowest BCUT2D eigenvalue weighted by Crippen LogP contribution is -2.28. The average molecular weight is 348 g/mol. The second-order valence-electron chi connectivity index (χ2n) is 5.87. The predicted octanol–water partition coefficient (Wildman–Crippen LogP) is 0.198. The molecule has 1 aromatic heterocycles. The summed E-state index contributed by atoms with van der Waals surface area (Å²) < 4.78 is 13.1. The third-order valence-electron chi connectivity index (χ3n) is 3.99. The van der Waals surface area contributed by atoms with Gasteiger partial charge in [-0.2, -0.15) is 4.98 Å². The fourth-order valence-electron chi connectivity index (χ4n) is 2.69. The Hall–Kier alpha value is -2.21. The van der Waals surface area contributed by atoms with Crippen LogP contribution in [0.4, 0.5) is 5.82 Å². The first-order valence-corrected chi connectivity index (χ1v) is 8.30. The summed E-state index contributed by atoms with van der Waals surface area (Å²) in [5, 5.41) is 0. The van der Waals surface area contributed by atoms with Crippen LogP contribution in [0.1, 0.15) is 44.9 Å². The minimum Gasteiger partial charge on any atom is -0.382 e. The molecule has 1 aliphatic heterocycles. The summed E-state index contributed by atoms with van der Waals surface area (Å²) in [5.74, 6) is 5.64. The number of rotatable bonds is 6. The standard InChI is InChI=1S/C17H24N4O4/c1-3-13-14(24-8-6-11(2)22)9-15(25-13)21-10-12(5-4-7-18)16(19)20-17(21)23/h10,13-15H,3,6-9,18H2,1-2H3,(H2,19,20,23)/t13-,14?,15-/m1/s1. The first kappa shape index (κ1) is 19.1. The topological polar surface area (TPSA) is 122 Å². The number of nitrogen functional groups attached to an aromatic ring is 1. The Morgan fingerprint density at radius 1 is 1.56 bits per heavy atom. The number of carbonyl (C=O) groups excluding carboxylic acids is 1.